The maximum absolute atomic E-state index is 4.62. The van der Waals surface area contributed by atoms with Crippen LogP contribution in [0.1, 0.15) is 26.7 Å². The average molecular weight is 208 g/mol. The van der Waals surface area contributed by atoms with Crippen LogP contribution in [0.5, 0.6) is 0 Å². The molecule has 0 radical (unpaired) electrons. The van der Waals surface area contributed by atoms with Crippen molar-refractivity contribution in [2.45, 2.75) is 49.5 Å². The highest BCUT2D eigenvalue weighted by molar-refractivity contribution is 7.86. The van der Waals surface area contributed by atoms with E-state index in [1.54, 1.807) is 0 Å². The van der Waals surface area contributed by atoms with E-state index >= 15 is 0 Å². The molecule has 0 N–H and O–H groups in total. The molecule has 2 atom stereocenters. The van der Waals surface area contributed by atoms with E-state index in [1.807, 2.05) is 0 Å². The third kappa shape index (κ3) is 3.03. The van der Waals surface area contributed by atoms with Crippen LogP contribution in [-0.4, -0.2) is 17.8 Å². The van der Waals surface area contributed by atoms with Crippen molar-refractivity contribution in [3.05, 3.63) is 0 Å². The maximum atomic E-state index is 4.62. The molecule has 0 bridgehead atoms. The molecule has 0 aliphatic rings. The molecule has 0 fully saturated rings. The summed E-state index contributed by atoms with van der Waals surface area (Å²) in [5.74, 6) is 0. The SMILES string of the molecule is CCC(S)[Si](C)(C)C(S)CC. The molecule has 0 aromatic heterocycles. The van der Waals surface area contributed by atoms with Crippen LogP contribution < -0.4 is 0 Å². The molecule has 0 saturated carbocycles. The molecule has 0 aromatic rings. The molecule has 0 saturated heterocycles. The summed E-state index contributed by atoms with van der Waals surface area (Å²) < 4.78 is 0. The summed E-state index contributed by atoms with van der Waals surface area (Å²) >= 11 is 9.23. The van der Waals surface area contributed by atoms with Crippen molar-refractivity contribution in [3.63, 3.8) is 0 Å². The van der Waals surface area contributed by atoms with Crippen LogP contribution in [0.25, 0.3) is 0 Å². The summed E-state index contributed by atoms with van der Waals surface area (Å²) in [6.07, 6.45) is 2.36. The number of hydrogen-bond donors (Lipinski definition) is 2. The van der Waals surface area contributed by atoms with Gasteiger partial charge in [-0.25, -0.2) is 0 Å². The van der Waals surface area contributed by atoms with Gasteiger partial charge in [-0.15, -0.1) is 0 Å². The largest absolute Gasteiger partial charge is 0.179 e. The standard InChI is InChI=1S/C8H20S2Si/c1-5-7(9)11(3,4)8(10)6-2/h7-10H,5-6H2,1-4H3. The van der Waals surface area contributed by atoms with Gasteiger partial charge in [-0.1, -0.05) is 26.9 Å². The quantitative estimate of drug-likeness (QED) is 0.514. The lowest BCUT2D eigenvalue weighted by molar-refractivity contribution is 0.945. The lowest BCUT2D eigenvalue weighted by Crippen LogP contribution is -2.47. The Morgan fingerprint density at radius 2 is 1.27 bits per heavy atom. The zero-order chi connectivity index (χ0) is 9.07. The highest BCUT2D eigenvalue weighted by Crippen LogP contribution is 2.25. The summed E-state index contributed by atoms with van der Waals surface area (Å²) in [6, 6.07) is 0. The van der Waals surface area contributed by atoms with Crippen molar-refractivity contribution in [1.29, 1.82) is 0 Å². The Bertz CT molecular complexity index is 103. The number of thiol groups is 2. The Kier molecular flexibility index (Phi) is 5.23. The highest BCUT2D eigenvalue weighted by Gasteiger charge is 2.33. The fourth-order valence-electron chi connectivity index (χ4n) is 1.27. The Labute approximate surface area is 83.0 Å². The highest BCUT2D eigenvalue weighted by atomic mass is 32.1. The third-order valence-corrected chi connectivity index (χ3v) is 11.5. The van der Waals surface area contributed by atoms with Crippen molar-refractivity contribution >= 4 is 33.3 Å². The minimum Gasteiger partial charge on any atom is -0.179 e. The van der Waals surface area contributed by atoms with Gasteiger partial charge in [-0.05, 0) is 22.6 Å². The van der Waals surface area contributed by atoms with E-state index in [2.05, 4.69) is 52.2 Å². The van der Waals surface area contributed by atoms with Gasteiger partial charge in [-0.2, -0.15) is 25.3 Å². The van der Waals surface area contributed by atoms with E-state index in [0.29, 0.717) is 9.75 Å². The molecular formula is C8H20S2Si. The van der Waals surface area contributed by atoms with Gasteiger partial charge in [0.05, 0.1) is 8.07 Å². The molecule has 0 aromatic carbocycles. The molecule has 3 heteroatoms. The van der Waals surface area contributed by atoms with E-state index < -0.39 is 8.07 Å². The summed E-state index contributed by atoms with van der Waals surface area (Å²) in [7, 11) is -1.18. The molecule has 0 nitrogen and oxygen atoms in total. The van der Waals surface area contributed by atoms with Crippen LogP contribution in [0, 0.1) is 0 Å². The van der Waals surface area contributed by atoms with Gasteiger partial charge in [-0.3, -0.25) is 0 Å². The number of hydrogen-bond acceptors (Lipinski definition) is 2. The second kappa shape index (κ2) is 4.82. The normalized spacial score (nSPS) is 18.0. The molecule has 0 heterocycles. The van der Waals surface area contributed by atoms with Gasteiger partial charge in [0.1, 0.15) is 0 Å². The van der Waals surface area contributed by atoms with E-state index in [0.717, 1.165) is 0 Å². The van der Waals surface area contributed by atoms with Crippen molar-refractivity contribution in [2.75, 3.05) is 0 Å². The molecular weight excluding hydrogens is 188 g/mol. The molecule has 0 rings (SSSR count). The predicted octanol–water partition coefficient (Wildman–Crippen LogP) is 3.19. The van der Waals surface area contributed by atoms with Gasteiger partial charge >= 0.3 is 0 Å². The van der Waals surface area contributed by atoms with Crippen LogP contribution in [0.3, 0.4) is 0 Å². The molecule has 0 amide bonds. The smallest absolute Gasteiger partial charge is 0.0749 e. The fourth-order valence-corrected chi connectivity index (χ4v) is 5.26. The zero-order valence-electron chi connectivity index (χ0n) is 7.96. The topological polar surface area (TPSA) is 0 Å². The first-order chi connectivity index (χ1) is 4.96. The first kappa shape index (κ1) is 11.9. The summed E-state index contributed by atoms with van der Waals surface area (Å²) in [6.45, 7) is 9.19. The van der Waals surface area contributed by atoms with Gasteiger partial charge < -0.3 is 0 Å². The van der Waals surface area contributed by atoms with Gasteiger partial charge in [0.25, 0.3) is 0 Å². The second-order valence-corrected chi connectivity index (χ2v) is 10.9. The monoisotopic (exact) mass is 208 g/mol. The minimum absolute atomic E-state index is 0.602. The second-order valence-electron chi connectivity index (χ2n) is 3.67. The lowest BCUT2D eigenvalue weighted by Gasteiger charge is -2.33. The summed E-state index contributed by atoms with van der Waals surface area (Å²) in [5, 5.41) is 0. The van der Waals surface area contributed by atoms with Crippen LogP contribution in [0.15, 0.2) is 0 Å². The summed E-state index contributed by atoms with van der Waals surface area (Å²) in [5.41, 5.74) is 0. The van der Waals surface area contributed by atoms with Crippen LogP contribution in [-0.2, 0) is 0 Å². The van der Waals surface area contributed by atoms with Gasteiger partial charge in [0.15, 0.2) is 0 Å². The van der Waals surface area contributed by atoms with Gasteiger partial charge in [0.2, 0.25) is 0 Å². The molecule has 0 aliphatic carbocycles. The Morgan fingerprint density at radius 1 is 1.00 bits per heavy atom. The average Bonchev–Trinajstić information content (AvgIpc) is 2.01. The first-order valence-electron chi connectivity index (χ1n) is 4.32. The van der Waals surface area contributed by atoms with E-state index in [1.165, 1.54) is 12.8 Å². The third-order valence-electron chi connectivity index (χ3n) is 2.49. The molecule has 0 aliphatic heterocycles. The van der Waals surface area contributed by atoms with Gasteiger partial charge in [0, 0.05) is 0 Å². The van der Waals surface area contributed by atoms with Crippen molar-refractivity contribution in [2.24, 2.45) is 0 Å². The van der Waals surface area contributed by atoms with Crippen molar-refractivity contribution < 1.29 is 0 Å². The van der Waals surface area contributed by atoms with Crippen molar-refractivity contribution in [3.8, 4) is 0 Å². The van der Waals surface area contributed by atoms with E-state index in [4.69, 9.17) is 0 Å². The fraction of sp³-hybridized carbons (Fsp3) is 1.00. The van der Waals surface area contributed by atoms with Crippen LogP contribution in [0.2, 0.25) is 13.1 Å². The summed E-state index contributed by atoms with van der Waals surface area (Å²) in [4.78, 5) is 1.20. The number of rotatable bonds is 4. The Hall–Kier alpha value is 0.917. The van der Waals surface area contributed by atoms with E-state index in [-0.39, 0.29) is 0 Å². The molecule has 2 unspecified atom stereocenters. The van der Waals surface area contributed by atoms with Crippen molar-refractivity contribution in [1.82, 2.24) is 0 Å². The molecule has 0 spiro atoms. The lowest BCUT2D eigenvalue weighted by atomic mass is 10.6. The van der Waals surface area contributed by atoms with Crippen LogP contribution >= 0.6 is 25.3 Å². The first-order valence-corrected chi connectivity index (χ1v) is 8.51. The minimum atomic E-state index is -1.18. The maximum Gasteiger partial charge on any atom is 0.0749 e. The zero-order valence-corrected chi connectivity index (χ0v) is 10.8. The Morgan fingerprint density at radius 3 is 1.45 bits per heavy atom. The van der Waals surface area contributed by atoms with E-state index in [9.17, 15) is 0 Å². The Balaban J connectivity index is 4.18. The van der Waals surface area contributed by atoms with Crippen LogP contribution in [0.4, 0.5) is 0 Å². The predicted molar refractivity (Wildman–Crippen MR) is 63.6 cm³/mol. The molecule has 68 valence electrons. The molecule has 11 heavy (non-hydrogen) atoms.